The molecule has 0 atom stereocenters. The summed E-state index contributed by atoms with van der Waals surface area (Å²) in [4.78, 5) is 0. The summed E-state index contributed by atoms with van der Waals surface area (Å²) >= 11 is 18.0. The van der Waals surface area contributed by atoms with Gasteiger partial charge in [-0.15, -0.1) is 0 Å². The summed E-state index contributed by atoms with van der Waals surface area (Å²) in [5.41, 5.74) is 4.63. The van der Waals surface area contributed by atoms with Gasteiger partial charge in [-0.2, -0.15) is 0 Å². The summed E-state index contributed by atoms with van der Waals surface area (Å²) < 4.78 is 0. The molecule has 3 aromatic carbocycles. The number of halogens is 3. The van der Waals surface area contributed by atoms with Crippen molar-refractivity contribution in [1.29, 1.82) is 0 Å². The van der Waals surface area contributed by atoms with Crippen LogP contribution >= 0.6 is 34.8 Å². The van der Waals surface area contributed by atoms with Crippen molar-refractivity contribution in [2.24, 2.45) is 0 Å². The fraction of sp³-hybridized carbons (Fsp3) is 0. The van der Waals surface area contributed by atoms with Gasteiger partial charge in [-0.3, -0.25) is 0 Å². The molecule has 0 bridgehead atoms. The number of hydrogen-bond donors (Lipinski definition) is 0. The molecule has 132 valence electrons. The number of benzene rings is 3. The highest BCUT2D eigenvalue weighted by molar-refractivity contribution is 6.31. The van der Waals surface area contributed by atoms with Crippen LogP contribution in [0.2, 0.25) is 15.1 Å². The summed E-state index contributed by atoms with van der Waals surface area (Å²) in [6.45, 7) is 4.09. The molecule has 0 spiro atoms. The first-order valence-corrected chi connectivity index (χ1v) is 9.35. The zero-order valence-electron chi connectivity index (χ0n) is 14.3. The summed E-state index contributed by atoms with van der Waals surface area (Å²) in [6.07, 6.45) is 1.97. The standard InChI is InChI=1S/C24H15Cl3/c1-17(2-3-18-4-10-21(25)11-5-18)16-24(19-6-12-22(26)13-7-19)20-8-14-23(27)15-9-20/h4-16H,1H2. The second-order valence-corrected chi connectivity index (χ2v) is 7.16. The van der Waals surface area contributed by atoms with Crippen molar-refractivity contribution < 1.29 is 0 Å². The molecule has 0 saturated heterocycles. The largest absolute Gasteiger partial charge is 0.0843 e. The molecule has 0 radical (unpaired) electrons. The SMILES string of the molecule is C=C(C#Cc1ccc(Cl)cc1)C=C(c1ccc(Cl)cc1)c1ccc(Cl)cc1. The molecular weight excluding hydrogens is 395 g/mol. The highest BCUT2D eigenvalue weighted by atomic mass is 35.5. The predicted molar refractivity (Wildman–Crippen MR) is 117 cm³/mol. The normalized spacial score (nSPS) is 9.89. The first-order chi connectivity index (χ1) is 13.0. The summed E-state index contributed by atoms with van der Waals surface area (Å²) in [5.74, 6) is 6.20. The first kappa shape index (κ1) is 19.3. The van der Waals surface area contributed by atoms with E-state index in [1.54, 1.807) is 0 Å². The van der Waals surface area contributed by atoms with Gasteiger partial charge < -0.3 is 0 Å². The Morgan fingerprint density at radius 2 is 1.07 bits per heavy atom. The molecule has 0 heterocycles. The van der Waals surface area contributed by atoms with Gasteiger partial charge in [0.15, 0.2) is 0 Å². The van der Waals surface area contributed by atoms with Gasteiger partial charge in [0, 0.05) is 26.2 Å². The van der Waals surface area contributed by atoms with Crippen molar-refractivity contribution in [3.8, 4) is 11.8 Å². The molecule has 3 rings (SSSR count). The van der Waals surface area contributed by atoms with Crippen LogP contribution in [-0.4, -0.2) is 0 Å². The number of hydrogen-bond acceptors (Lipinski definition) is 0. The van der Waals surface area contributed by atoms with Gasteiger partial charge in [0.1, 0.15) is 0 Å². The molecule has 0 aliphatic carbocycles. The molecule has 3 heteroatoms. The lowest BCUT2D eigenvalue weighted by atomic mass is 9.96. The van der Waals surface area contributed by atoms with Gasteiger partial charge in [0.25, 0.3) is 0 Å². The van der Waals surface area contributed by atoms with Crippen molar-refractivity contribution in [2.45, 2.75) is 0 Å². The molecule has 0 aliphatic rings. The third-order valence-corrected chi connectivity index (χ3v) is 4.60. The highest BCUT2D eigenvalue weighted by Crippen LogP contribution is 2.27. The topological polar surface area (TPSA) is 0 Å². The zero-order chi connectivity index (χ0) is 19.2. The Balaban J connectivity index is 1.96. The molecule has 0 fully saturated rings. The lowest BCUT2D eigenvalue weighted by Crippen LogP contribution is -1.89. The lowest BCUT2D eigenvalue weighted by molar-refractivity contribution is 1.54. The fourth-order valence-corrected chi connectivity index (χ4v) is 2.87. The van der Waals surface area contributed by atoms with Gasteiger partial charge in [0.05, 0.1) is 0 Å². The van der Waals surface area contributed by atoms with Crippen molar-refractivity contribution >= 4 is 40.4 Å². The Bertz CT molecular complexity index is 983. The molecule has 0 amide bonds. The molecule has 27 heavy (non-hydrogen) atoms. The van der Waals surface area contributed by atoms with Crippen LogP contribution in [0.3, 0.4) is 0 Å². The minimum atomic E-state index is 0.687. The van der Waals surface area contributed by atoms with Gasteiger partial charge in [0.2, 0.25) is 0 Å². The van der Waals surface area contributed by atoms with E-state index in [1.807, 2.05) is 78.9 Å². The molecule has 0 aliphatic heterocycles. The van der Waals surface area contributed by atoms with Crippen LogP contribution in [0, 0.1) is 11.8 Å². The molecule has 0 N–H and O–H groups in total. The first-order valence-electron chi connectivity index (χ1n) is 8.21. The predicted octanol–water partition coefficient (Wildman–Crippen LogP) is 7.69. The Labute approximate surface area is 174 Å². The van der Waals surface area contributed by atoms with E-state index in [4.69, 9.17) is 34.8 Å². The maximum absolute atomic E-state index is 6.03. The minimum Gasteiger partial charge on any atom is -0.0843 e. The van der Waals surface area contributed by atoms with Crippen molar-refractivity contribution in [1.82, 2.24) is 0 Å². The molecule has 0 unspecified atom stereocenters. The van der Waals surface area contributed by atoms with Gasteiger partial charge in [-0.25, -0.2) is 0 Å². The van der Waals surface area contributed by atoms with Crippen LogP contribution in [0.4, 0.5) is 0 Å². The van der Waals surface area contributed by atoms with E-state index in [0.29, 0.717) is 20.6 Å². The Hall–Kier alpha value is -2.43. The number of rotatable bonds is 3. The van der Waals surface area contributed by atoms with Crippen molar-refractivity contribution in [2.75, 3.05) is 0 Å². The monoisotopic (exact) mass is 408 g/mol. The minimum absolute atomic E-state index is 0.687. The molecule has 3 aromatic rings. The lowest BCUT2D eigenvalue weighted by Gasteiger charge is -2.09. The fourth-order valence-electron chi connectivity index (χ4n) is 2.49. The summed E-state index contributed by atoms with van der Waals surface area (Å²) in [7, 11) is 0. The number of allylic oxidation sites excluding steroid dienone is 2. The van der Waals surface area contributed by atoms with Crippen LogP contribution in [0.5, 0.6) is 0 Å². The molecule has 0 nitrogen and oxygen atoms in total. The third-order valence-electron chi connectivity index (χ3n) is 3.84. The Morgan fingerprint density at radius 3 is 1.52 bits per heavy atom. The smallest absolute Gasteiger partial charge is 0.0406 e. The van der Waals surface area contributed by atoms with E-state index in [-0.39, 0.29) is 0 Å². The summed E-state index contributed by atoms with van der Waals surface area (Å²) in [5, 5.41) is 2.07. The van der Waals surface area contributed by atoms with E-state index in [1.165, 1.54) is 0 Å². The Kier molecular flexibility index (Phi) is 6.43. The highest BCUT2D eigenvalue weighted by Gasteiger charge is 2.06. The third kappa shape index (κ3) is 5.52. The maximum atomic E-state index is 6.03. The Morgan fingerprint density at radius 1 is 0.667 bits per heavy atom. The molecule has 0 saturated carbocycles. The van der Waals surface area contributed by atoms with Gasteiger partial charge in [-0.1, -0.05) is 77.5 Å². The van der Waals surface area contributed by atoms with Crippen LogP contribution in [0.15, 0.2) is 91.0 Å². The zero-order valence-corrected chi connectivity index (χ0v) is 16.6. The maximum Gasteiger partial charge on any atom is 0.0406 e. The van der Waals surface area contributed by atoms with E-state index in [0.717, 1.165) is 22.3 Å². The summed E-state index contributed by atoms with van der Waals surface area (Å²) in [6, 6.07) is 22.7. The quantitative estimate of drug-likeness (QED) is 0.307. The average Bonchev–Trinajstić information content (AvgIpc) is 2.67. The van der Waals surface area contributed by atoms with Crippen LogP contribution in [0.25, 0.3) is 5.57 Å². The van der Waals surface area contributed by atoms with E-state index in [2.05, 4.69) is 18.4 Å². The average molecular weight is 410 g/mol. The second kappa shape index (κ2) is 8.98. The van der Waals surface area contributed by atoms with Gasteiger partial charge in [-0.05, 0) is 71.3 Å². The second-order valence-electron chi connectivity index (χ2n) is 5.85. The molecule has 0 aromatic heterocycles. The van der Waals surface area contributed by atoms with Gasteiger partial charge >= 0.3 is 0 Å². The van der Waals surface area contributed by atoms with Crippen molar-refractivity contribution in [3.63, 3.8) is 0 Å². The van der Waals surface area contributed by atoms with Crippen LogP contribution in [-0.2, 0) is 0 Å². The van der Waals surface area contributed by atoms with E-state index in [9.17, 15) is 0 Å². The van der Waals surface area contributed by atoms with E-state index < -0.39 is 0 Å². The van der Waals surface area contributed by atoms with Crippen LogP contribution < -0.4 is 0 Å². The van der Waals surface area contributed by atoms with E-state index >= 15 is 0 Å². The van der Waals surface area contributed by atoms with Crippen LogP contribution in [0.1, 0.15) is 16.7 Å². The van der Waals surface area contributed by atoms with Crippen molar-refractivity contribution in [3.05, 3.63) is 123 Å². The molecular formula is C24H15Cl3.